The van der Waals surface area contributed by atoms with E-state index in [1.807, 2.05) is 12.1 Å². The zero-order valence-electron chi connectivity index (χ0n) is 16.8. The number of rotatable bonds is 1. The van der Waals surface area contributed by atoms with Gasteiger partial charge in [0.25, 0.3) is 0 Å². The second-order valence-corrected chi connectivity index (χ2v) is 9.73. The van der Waals surface area contributed by atoms with E-state index < -0.39 is 5.41 Å². The highest BCUT2D eigenvalue weighted by Crippen LogP contribution is 2.47. The summed E-state index contributed by atoms with van der Waals surface area (Å²) in [5.41, 5.74) is 3.39. The molecule has 0 radical (unpaired) electrons. The summed E-state index contributed by atoms with van der Waals surface area (Å²) in [6.07, 6.45) is 0.175. The van der Waals surface area contributed by atoms with Crippen LogP contribution in [0.2, 0.25) is 0 Å². The van der Waals surface area contributed by atoms with Gasteiger partial charge in [0.2, 0.25) is 5.78 Å². The molecule has 152 valence electrons. The first-order chi connectivity index (χ1) is 14.5. The van der Waals surface area contributed by atoms with Crippen molar-refractivity contribution in [3.63, 3.8) is 0 Å². The number of benzene rings is 1. The van der Waals surface area contributed by atoms with E-state index in [-0.39, 0.29) is 11.9 Å². The Bertz CT molecular complexity index is 1240. The Hall–Kier alpha value is -2.73. The first-order valence-corrected chi connectivity index (χ1v) is 11.0. The second-order valence-electron chi connectivity index (χ2n) is 8.75. The lowest BCUT2D eigenvalue weighted by Gasteiger charge is -2.28. The Morgan fingerprint density at radius 2 is 2.23 bits per heavy atom. The van der Waals surface area contributed by atoms with Crippen molar-refractivity contribution in [1.82, 2.24) is 15.3 Å². The van der Waals surface area contributed by atoms with Gasteiger partial charge in [-0.2, -0.15) is 5.26 Å². The highest BCUT2D eigenvalue weighted by Gasteiger charge is 2.44. The molecule has 3 aromatic rings. The third-order valence-electron chi connectivity index (χ3n) is 6.57. The van der Waals surface area contributed by atoms with Crippen molar-refractivity contribution in [3.8, 4) is 6.07 Å². The fourth-order valence-electron chi connectivity index (χ4n) is 4.97. The number of aromatic amines is 1. The fourth-order valence-corrected chi connectivity index (χ4v) is 6.16. The third kappa shape index (κ3) is 2.37. The molecule has 0 bridgehead atoms. The minimum atomic E-state index is -0.430. The number of H-pyrrole nitrogens is 1. The average Bonchev–Trinajstić information content (AvgIpc) is 3.46. The number of carbonyl (C=O) groups is 1. The summed E-state index contributed by atoms with van der Waals surface area (Å²) in [7, 11) is 0. The maximum Gasteiger partial charge on any atom is 0.207 e. The van der Waals surface area contributed by atoms with Crippen LogP contribution in [-0.2, 0) is 10.2 Å². The van der Waals surface area contributed by atoms with Gasteiger partial charge in [0, 0.05) is 41.6 Å². The van der Waals surface area contributed by atoms with Gasteiger partial charge in [-0.25, -0.2) is 4.98 Å². The van der Waals surface area contributed by atoms with Gasteiger partial charge in [-0.1, -0.05) is 17.4 Å². The number of hydrogen-bond donors (Lipinski definition) is 2. The molecular weight excluding hydrogens is 398 g/mol. The number of carbonyl (C=O) groups excluding carboxylic acids is 1. The molecule has 6 rings (SSSR count). The highest BCUT2D eigenvalue weighted by atomic mass is 32.1. The summed E-state index contributed by atoms with van der Waals surface area (Å²) in [5.74, 6) is 0.0185. The van der Waals surface area contributed by atoms with Crippen LogP contribution in [0.25, 0.3) is 10.9 Å². The minimum Gasteiger partial charge on any atom is -0.373 e. The van der Waals surface area contributed by atoms with Gasteiger partial charge >= 0.3 is 0 Å². The summed E-state index contributed by atoms with van der Waals surface area (Å²) in [6.45, 7) is 7.47. The van der Waals surface area contributed by atoms with Crippen LogP contribution < -0.4 is 10.2 Å². The maximum atomic E-state index is 13.5. The molecule has 2 aromatic heterocycles. The Labute approximate surface area is 177 Å². The summed E-state index contributed by atoms with van der Waals surface area (Å²) >= 11 is 1.49. The van der Waals surface area contributed by atoms with Gasteiger partial charge < -0.3 is 19.9 Å². The lowest BCUT2D eigenvalue weighted by atomic mass is 9.77. The Balaban J connectivity index is 1.44. The number of fused-ring (bicyclic) bond motifs is 5. The van der Waals surface area contributed by atoms with Gasteiger partial charge in [0.05, 0.1) is 41.6 Å². The first-order valence-electron chi connectivity index (χ1n) is 10.2. The molecule has 2 fully saturated rings. The summed E-state index contributed by atoms with van der Waals surface area (Å²) in [6, 6.07) is 7.93. The number of nitrogens with zero attached hydrogens (tertiary/aromatic N) is 3. The summed E-state index contributed by atoms with van der Waals surface area (Å²) < 4.78 is 5.90. The third-order valence-corrected chi connectivity index (χ3v) is 7.69. The molecular formula is C22H21N5O2S. The monoisotopic (exact) mass is 419 g/mol. The normalized spacial score (nSPS) is 24.4. The van der Waals surface area contributed by atoms with Gasteiger partial charge in [-0.05, 0) is 26.0 Å². The Kier molecular flexibility index (Phi) is 3.70. The van der Waals surface area contributed by atoms with E-state index in [4.69, 9.17) is 9.72 Å². The molecule has 3 aliphatic rings. The van der Waals surface area contributed by atoms with Gasteiger partial charge in [-0.15, -0.1) is 0 Å². The first kappa shape index (κ1) is 18.1. The number of nitrogens with one attached hydrogen (secondary N) is 2. The molecule has 0 amide bonds. The molecule has 0 saturated carbocycles. The number of nitriles is 1. The van der Waals surface area contributed by atoms with Crippen molar-refractivity contribution < 1.29 is 9.53 Å². The zero-order valence-corrected chi connectivity index (χ0v) is 17.6. The Morgan fingerprint density at radius 3 is 3.03 bits per heavy atom. The zero-order chi connectivity index (χ0) is 20.6. The lowest BCUT2D eigenvalue weighted by Crippen LogP contribution is -2.47. The number of aromatic nitrogens is 2. The number of hydrogen-bond acceptors (Lipinski definition) is 7. The lowest BCUT2D eigenvalue weighted by molar-refractivity contribution is 0.0212. The molecule has 30 heavy (non-hydrogen) atoms. The molecule has 1 aliphatic carbocycles. The van der Waals surface area contributed by atoms with Crippen LogP contribution in [0.4, 0.5) is 5.13 Å². The quantitative estimate of drug-likeness (QED) is 0.630. The van der Waals surface area contributed by atoms with Crippen molar-refractivity contribution in [3.05, 3.63) is 45.6 Å². The maximum absolute atomic E-state index is 13.5. The second kappa shape index (κ2) is 6.14. The molecule has 0 spiro atoms. The topological polar surface area (TPSA) is 94.0 Å². The van der Waals surface area contributed by atoms with Crippen LogP contribution in [0.15, 0.2) is 18.2 Å². The van der Waals surface area contributed by atoms with Crippen LogP contribution in [0.1, 0.15) is 46.0 Å². The highest BCUT2D eigenvalue weighted by molar-refractivity contribution is 7.18. The number of thiazole rings is 1. The molecule has 8 heteroatoms. The van der Waals surface area contributed by atoms with Crippen LogP contribution in [0, 0.1) is 11.3 Å². The summed E-state index contributed by atoms with van der Waals surface area (Å²) in [5, 5.41) is 14.5. The molecule has 4 heterocycles. The van der Waals surface area contributed by atoms with Crippen molar-refractivity contribution >= 4 is 33.2 Å². The molecule has 1 aromatic carbocycles. The Morgan fingerprint density at radius 1 is 1.37 bits per heavy atom. The van der Waals surface area contributed by atoms with Crippen LogP contribution in [0.3, 0.4) is 0 Å². The number of ketones is 1. The van der Waals surface area contributed by atoms with E-state index in [0.29, 0.717) is 17.2 Å². The summed E-state index contributed by atoms with van der Waals surface area (Å²) in [4.78, 5) is 24.9. The fraction of sp³-hybridized carbons (Fsp3) is 0.409. The van der Waals surface area contributed by atoms with Crippen LogP contribution >= 0.6 is 11.3 Å². The number of morpholine rings is 1. The van der Waals surface area contributed by atoms with Crippen molar-refractivity contribution in [2.45, 2.75) is 31.4 Å². The molecule has 7 nitrogen and oxygen atoms in total. The van der Waals surface area contributed by atoms with E-state index in [1.165, 1.54) is 11.3 Å². The molecule has 2 unspecified atom stereocenters. The molecule has 2 aliphatic heterocycles. The molecule has 2 saturated heterocycles. The van der Waals surface area contributed by atoms with E-state index in [2.05, 4.69) is 35.1 Å². The van der Waals surface area contributed by atoms with E-state index in [0.717, 1.165) is 58.5 Å². The largest absolute Gasteiger partial charge is 0.373 e. The molecule has 2 atom stereocenters. The predicted octanol–water partition coefficient (Wildman–Crippen LogP) is 2.54. The minimum absolute atomic E-state index is 0.0185. The van der Waals surface area contributed by atoms with Gasteiger partial charge in [0.1, 0.15) is 4.88 Å². The predicted molar refractivity (Wildman–Crippen MR) is 114 cm³/mol. The van der Waals surface area contributed by atoms with E-state index in [9.17, 15) is 10.1 Å². The average molecular weight is 420 g/mol. The van der Waals surface area contributed by atoms with Crippen molar-refractivity contribution in [2.75, 3.05) is 31.1 Å². The smallest absolute Gasteiger partial charge is 0.207 e. The SMILES string of the molecule is CC1(C)c2nc(N3CC4NCCOC4C3)sc2C(=O)c2c1[nH]c1cc(C#N)ccc21. The number of anilines is 1. The van der Waals surface area contributed by atoms with Crippen molar-refractivity contribution in [1.29, 1.82) is 5.26 Å². The number of ether oxygens (including phenoxy) is 1. The van der Waals surface area contributed by atoms with Crippen molar-refractivity contribution in [2.24, 2.45) is 0 Å². The van der Waals surface area contributed by atoms with Crippen LogP contribution in [-0.4, -0.2) is 54.1 Å². The van der Waals surface area contributed by atoms with Crippen LogP contribution in [0.5, 0.6) is 0 Å². The van der Waals surface area contributed by atoms with Gasteiger partial charge in [-0.3, -0.25) is 4.79 Å². The standard InChI is InChI=1S/C22H21N5O2S/c1-22(2)19-16(12-4-3-11(8-23)7-13(12)25-19)17(28)18-20(22)26-21(30-18)27-9-14-15(10-27)29-6-5-24-14/h3-4,7,14-15,24-25H,5-6,9-10H2,1-2H3. The van der Waals surface area contributed by atoms with E-state index >= 15 is 0 Å². The van der Waals surface area contributed by atoms with E-state index in [1.54, 1.807) is 6.07 Å². The van der Waals surface area contributed by atoms with Gasteiger partial charge in [0.15, 0.2) is 5.13 Å². The molecule has 2 N–H and O–H groups in total.